The molecule has 4 N–H and O–H groups in total. The third-order valence-electron chi connectivity index (χ3n) is 6.58. The van der Waals surface area contributed by atoms with E-state index in [9.17, 15) is 19.7 Å². The van der Waals surface area contributed by atoms with Crippen LogP contribution in [0.2, 0.25) is 0 Å². The first-order valence-corrected chi connectivity index (χ1v) is 13.7. The second-order valence-electron chi connectivity index (χ2n) is 9.69. The summed E-state index contributed by atoms with van der Waals surface area (Å²) >= 11 is 0. The average Bonchev–Trinajstić information content (AvgIpc) is 2.96. The van der Waals surface area contributed by atoms with Gasteiger partial charge in [0.15, 0.2) is 18.1 Å². The van der Waals surface area contributed by atoms with E-state index in [-0.39, 0.29) is 24.1 Å². The predicted octanol–water partition coefficient (Wildman–Crippen LogP) is 6.26. The lowest BCUT2D eigenvalue weighted by atomic mass is 10.0. The number of ether oxygens (including phenoxy) is 2. The van der Waals surface area contributed by atoms with E-state index in [4.69, 9.17) is 15.2 Å². The van der Waals surface area contributed by atoms with Crippen LogP contribution in [0.5, 0.6) is 11.5 Å². The summed E-state index contributed by atoms with van der Waals surface area (Å²) in [6, 6.07) is 18.8. The molecule has 0 fully saturated rings. The van der Waals surface area contributed by atoms with Gasteiger partial charge in [-0.05, 0) is 49.1 Å². The molecule has 214 valence electrons. The van der Waals surface area contributed by atoms with Crippen molar-refractivity contribution >= 4 is 35.0 Å². The summed E-state index contributed by atoms with van der Waals surface area (Å²) in [5, 5.41) is 16.9. The molecule has 0 saturated heterocycles. The van der Waals surface area contributed by atoms with Crippen LogP contribution in [0.15, 0.2) is 66.4 Å². The Kier molecular flexibility index (Phi) is 9.93. The Morgan fingerprint density at radius 2 is 1.66 bits per heavy atom. The zero-order valence-corrected chi connectivity index (χ0v) is 23.0. The van der Waals surface area contributed by atoms with Gasteiger partial charge in [0.05, 0.1) is 22.9 Å². The van der Waals surface area contributed by atoms with Crippen molar-refractivity contribution in [3.63, 3.8) is 0 Å². The van der Waals surface area contributed by atoms with Crippen molar-refractivity contribution in [2.75, 3.05) is 29.6 Å². The molecule has 1 heterocycles. The number of nitrogens with one attached hydrogen (secondary N) is 2. The van der Waals surface area contributed by atoms with Crippen molar-refractivity contribution in [2.24, 2.45) is 0 Å². The number of nitrogens with zero attached hydrogens (tertiary/aromatic N) is 1. The summed E-state index contributed by atoms with van der Waals surface area (Å²) in [5.41, 5.74) is 10.1. The van der Waals surface area contributed by atoms with E-state index < -0.39 is 4.92 Å². The number of benzene rings is 3. The number of amides is 2. The molecular weight excluding hydrogens is 524 g/mol. The predicted molar refractivity (Wildman–Crippen MR) is 159 cm³/mol. The summed E-state index contributed by atoms with van der Waals surface area (Å²) in [6.07, 6.45) is 5.06. The number of rotatable bonds is 13. The van der Waals surface area contributed by atoms with Gasteiger partial charge in [-0.3, -0.25) is 19.7 Å². The minimum absolute atomic E-state index is 0.0683. The molecule has 0 radical (unpaired) electrons. The molecule has 3 aromatic rings. The average molecular weight is 559 g/mol. The first-order valence-electron chi connectivity index (χ1n) is 13.7. The highest BCUT2D eigenvalue weighted by atomic mass is 16.6. The van der Waals surface area contributed by atoms with E-state index in [2.05, 4.69) is 10.6 Å². The van der Waals surface area contributed by atoms with Crippen LogP contribution in [-0.4, -0.2) is 30.0 Å². The van der Waals surface area contributed by atoms with Crippen molar-refractivity contribution in [3.8, 4) is 22.6 Å². The summed E-state index contributed by atoms with van der Waals surface area (Å²) < 4.78 is 11.2. The minimum atomic E-state index is -0.489. The molecule has 41 heavy (non-hydrogen) atoms. The molecule has 1 aliphatic rings. The summed E-state index contributed by atoms with van der Waals surface area (Å²) in [6.45, 7) is 2.05. The van der Waals surface area contributed by atoms with Gasteiger partial charge < -0.3 is 25.8 Å². The largest absolute Gasteiger partial charge is 0.490 e. The molecule has 0 saturated carbocycles. The molecule has 2 amide bonds. The molecule has 0 aromatic heterocycles. The molecule has 3 aromatic carbocycles. The number of unbranched alkanes of at least 4 members (excludes halogenated alkanes) is 3. The normalized spacial score (nSPS) is 12.0. The SMILES string of the molecule is CCOc1cc(NC(=O)CCCCCCC(=O)Nc2cc(-c3ccccc3)ccc2N)cc2c1OCC([N+](=O)[O-])=C2. The van der Waals surface area contributed by atoms with E-state index in [0.717, 1.165) is 24.0 Å². The Labute approximate surface area is 238 Å². The summed E-state index contributed by atoms with van der Waals surface area (Å²) in [7, 11) is 0. The topological polar surface area (TPSA) is 146 Å². The van der Waals surface area contributed by atoms with Crippen LogP contribution >= 0.6 is 0 Å². The van der Waals surface area contributed by atoms with Crippen molar-refractivity contribution in [1.82, 2.24) is 0 Å². The lowest BCUT2D eigenvalue weighted by Crippen LogP contribution is -2.16. The molecule has 4 rings (SSSR count). The number of anilines is 3. The Morgan fingerprint density at radius 1 is 0.951 bits per heavy atom. The maximum Gasteiger partial charge on any atom is 0.284 e. The number of nitrogen functional groups attached to an aromatic ring is 1. The summed E-state index contributed by atoms with van der Waals surface area (Å²) in [5.74, 6) is 0.571. The highest BCUT2D eigenvalue weighted by molar-refractivity contribution is 5.95. The van der Waals surface area contributed by atoms with Gasteiger partial charge in [0.2, 0.25) is 11.8 Å². The van der Waals surface area contributed by atoms with E-state index in [0.29, 0.717) is 66.4 Å². The number of hydrogen-bond acceptors (Lipinski definition) is 7. The molecule has 0 atom stereocenters. The fourth-order valence-corrected chi connectivity index (χ4v) is 4.53. The van der Waals surface area contributed by atoms with Gasteiger partial charge in [-0.1, -0.05) is 49.2 Å². The van der Waals surface area contributed by atoms with Crippen LogP contribution in [0.1, 0.15) is 51.0 Å². The van der Waals surface area contributed by atoms with Crippen molar-refractivity contribution in [3.05, 3.63) is 82.0 Å². The number of nitro groups is 1. The monoisotopic (exact) mass is 558 g/mol. The maximum absolute atomic E-state index is 12.5. The van der Waals surface area contributed by atoms with Gasteiger partial charge in [0, 0.05) is 36.2 Å². The quantitative estimate of drug-likeness (QED) is 0.0971. The Bertz CT molecular complexity index is 1440. The van der Waals surface area contributed by atoms with Crippen LogP contribution < -0.4 is 25.8 Å². The highest BCUT2D eigenvalue weighted by Crippen LogP contribution is 2.39. The van der Waals surface area contributed by atoms with Crippen LogP contribution in [0.4, 0.5) is 17.1 Å². The van der Waals surface area contributed by atoms with Crippen LogP contribution in [0.3, 0.4) is 0 Å². The van der Waals surface area contributed by atoms with Crippen LogP contribution in [-0.2, 0) is 9.59 Å². The second kappa shape index (κ2) is 14.0. The van der Waals surface area contributed by atoms with Crippen LogP contribution in [0, 0.1) is 10.1 Å². The molecule has 10 nitrogen and oxygen atoms in total. The number of fused-ring (bicyclic) bond motifs is 1. The number of carbonyl (C=O) groups is 2. The lowest BCUT2D eigenvalue weighted by Gasteiger charge is -2.19. The zero-order valence-electron chi connectivity index (χ0n) is 23.0. The number of hydrogen-bond donors (Lipinski definition) is 3. The third-order valence-corrected chi connectivity index (χ3v) is 6.58. The summed E-state index contributed by atoms with van der Waals surface area (Å²) in [4.78, 5) is 35.7. The molecule has 1 aliphatic heterocycles. The van der Waals surface area contributed by atoms with Gasteiger partial charge in [-0.25, -0.2) is 0 Å². The molecule has 0 spiro atoms. The lowest BCUT2D eigenvalue weighted by molar-refractivity contribution is -0.427. The highest BCUT2D eigenvalue weighted by Gasteiger charge is 2.24. The van der Waals surface area contributed by atoms with E-state index in [1.165, 1.54) is 6.08 Å². The first-order chi connectivity index (χ1) is 19.8. The number of nitrogens with two attached hydrogens (primary N) is 1. The van der Waals surface area contributed by atoms with E-state index >= 15 is 0 Å². The standard InChI is InChI=1S/C31H34N4O6/c1-2-40-28-19-24(16-23-17-25(35(38)39)20-41-31(23)28)33-29(36)12-8-3-4-9-13-30(37)34-27-18-22(14-15-26(27)32)21-10-6-5-7-11-21/h5-7,10-11,14-19H,2-4,8-9,12-13,20,32H2,1H3,(H,33,36)(H,34,37). The smallest absolute Gasteiger partial charge is 0.284 e. The van der Waals surface area contributed by atoms with E-state index in [1.807, 2.05) is 49.4 Å². The molecule has 0 aliphatic carbocycles. The maximum atomic E-state index is 12.5. The van der Waals surface area contributed by atoms with Crippen molar-refractivity contribution < 1.29 is 24.0 Å². The van der Waals surface area contributed by atoms with Gasteiger partial charge in [0.1, 0.15) is 0 Å². The Balaban J connectivity index is 1.20. The molecule has 0 unspecified atom stereocenters. The molecule has 0 bridgehead atoms. The van der Waals surface area contributed by atoms with Crippen LogP contribution in [0.25, 0.3) is 17.2 Å². The second-order valence-corrected chi connectivity index (χ2v) is 9.69. The van der Waals surface area contributed by atoms with E-state index in [1.54, 1.807) is 18.2 Å². The first kappa shape index (κ1) is 29.1. The molecular formula is C31H34N4O6. The van der Waals surface area contributed by atoms with Crippen molar-refractivity contribution in [1.29, 1.82) is 0 Å². The zero-order chi connectivity index (χ0) is 29.2. The third kappa shape index (κ3) is 8.07. The molecule has 10 heteroatoms. The fourth-order valence-electron chi connectivity index (χ4n) is 4.53. The Morgan fingerprint density at radius 3 is 2.34 bits per heavy atom. The van der Waals surface area contributed by atoms with Crippen molar-refractivity contribution in [2.45, 2.75) is 45.4 Å². The van der Waals surface area contributed by atoms with Gasteiger partial charge >= 0.3 is 0 Å². The fraction of sp³-hybridized carbons (Fsp3) is 0.290. The van der Waals surface area contributed by atoms with Gasteiger partial charge in [-0.15, -0.1) is 0 Å². The van der Waals surface area contributed by atoms with Gasteiger partial charge in [-0.2, -0.15) is 0 Å². The Hall–Kier alpha value is -4.86. The minimum Gasteiger partial charge on any atom is -0.490 e. The van der Waals surface area contributed by atoms with Gasteiger partial charge in [0.25, 0.3) is 5.70 Å². The number of carbonyl (C=O) groups excluding carboxylic acids is 2.